The highest BCUT2D eigenvalue weighted by atomic mass is 16.2. The minimum Gasteiger partial charge on any atom is -0.347 e. The van der Waals surface area contributed by atoms with Crippen LogP contribution in [-0.2, 0) is 14.4 Å². The molecule has 0 spiro atoms. The van der Waals surface area contributed by atoms with Crippen molar-refractivity contribution in [1.82, 2.24) is 14.7 Å². The summed E-state index contributed by atoms with van der Waals surface area (Å²) in [7, 11) is 3.41. The third-order valence-electron chi connectivity index (χ3n) is 4.05. The second-order valence-electron chi connectivity index (χ2n) is 5.75. The van der Waals surface area contributed by atoms with Crippen molar-refractivity contribution in [1.29, 1.82) is 0 Å². The lowest BCUT2D eigenvalue weighted by molar-refractivity contribution is -0.146. The van der Waals surface area contributed by atoms with Crippen LogP contribution in [0.5, 0.6) is 0 Å². The number of carbonyl (C=O) groups excluding carboxylic acids is 3. The van der Waals surface area contributed by atoms with Gasteiger partial charge in [-0.15, -0.1) is 0 Å². The number of likely N-dealkylation sites (N-methyl/N-ethyl adjacent to an activating group) is 1. The molecule has 0 aromatic carbocycles. The Balaban J connectivity index is 1.97. The summed E-state index contributed by atoms with van der Waals surface area (Å²) in [5.74, 6) is -0.0712. The molecule has 0 bridgehead atoms. The Morgan fingerprint density at radius 1 is 1.20 bits per heavy atom. The maximum atomic E-state index is 12.4. The van der Waals surface area contributed by atoms with E-state index in [2.05, 4.69) is 0 Å². The molecule has 20 heavy (non-hydrogen) atoms. The third-order valence-corrected chi connectivity index (χ3v) is 4.05. The standard InChI is InChI=1S/C14H23N3O3/c1-15(2)14(20)11-6-5-9-17(11)13(19)10-16-8-4-3-7-12(16)18/h11H,3-10H2,1-2H3. The Bertz CT molecular complexity index is 408. The van der Waals surface area contributed by atoms with Crippen LogP contribution in [0.1, 0.15) is 32.1 Å². The van der Waals surface area contributed by atoms with Gasteiger partial charge in [0.2, 0.25) is 17.7 Å². The fourth-order valence-corrected chi connectivity index (χ4v) is 2.90. The summed E-state index contributed by atoms with van der Waals surface area (Å²) in [5.41, 5.74) is 0. The van der Waals surface area contributed by atoms with Gasteiger partial charge < -0.3 is 14.7 Å². The molecule has 0 aromatic heterocycles. The lowest BCUT2D eigenvalue weighted by Crippen LogP contribution is -2.50. The summed E-state index contributed by atoms with van der Waals surface area (Å²) in [5, 5.41) is 0. The Hall–Kier alpha value is -1.59. The number of likely N-dealkylation sites (tertiary alicyclic amines) is 2. The quantitative estimate of drug-likeness (QED) is 0.736. The minimum absolute atomic E-state index is 0.0270. The van der Waals surface area contributed by atoms with Crippen molar-refractivity contribution in [3.05, 3.63) is 0 Å². The first-order chi connectivity index (χ1) is 9.50. The van der Waals surface area contributed by atoms with E-state index in [1.165, 1.54) is 4.90 Å². The number of rotatable bonds is 3. The highest BCUT2D eigenvalue weighted by Gasteiger charge is 2.35. The molecular formula is C14H23N3O3. The monoisotopic (exact) mass is 281 g/mol. The zero-order valence-corrected chi connectivity index (χ0v) is 12.3. The second kappa shape index (κ2) is 6.24. The second-order valence-corrected chi connectivity index (χ2v) is 5.75. The van der Waals surface area contributed by atoms with Crippen molar-refractivity contribution in [2.24, 2.45) is 0 Å². The van der Waals surface area contributed by atoms with Crippen LogP contribution in [0.2, 0.25) is 0 Å². The van der Waals surface area contributed by atoms with Crippen molar-refractivity contribution in [2.75, 3.05) is 33.7 Å². The van der Waals surface area contributed by atoms with E-state index in [1.807, 2.05) is 0 Å². The maximum Gasteiger partial charge on any atom is 0.244 e. The number of hydrogen-bond acceptors (Lipinski definition) is 3. The lowest BCUT2D eigenvalue weighted by atomic mass is 10.1. The molecule has 2 aliphatic rings. The Labute approximate surface area is 119 Å². The third kappa shape index (κ3) is 3.11. The van der Waals surface area contributed by atoms with E-state index in [1.54, 1.807) is 23.9 Å². The van der Waals surface area contributed by atoms with Crippen molar-refractivity contribution in [3.8, 4) is 0 Å². The molecule has 0 aromatic rings. The summed E-state index contributed by atoms with van der Waals surface area (Å²) in [6, 6.07) is -0.350. The first kappa shape index (κ1) is 14.8. The van der Waals surface area contributed by atoms with Gasteiger partial charge in [0.15, 0.2) is 0 Å². The fourth-order valence-electron chi connectivity index (χ4n) is 2.90. The summed E-state index contributed by atoms with van der Waals surface area (Å²) in [6.07, 6.45) is 3.97. The van der Waals surface area contributed by atoms with Crippen LogP contribution in [0.4, 0.5) is 0 Å². The van der Waals surface area contributed by atoms with Crippen molar-refractivity contribution in [2.45, 2.75) is 38.1 Å². The van der Waals surface area contributed by atoms with Crippen LogP contribution in [-0.4, -0.2) is 72.2 Å². The number of hydrogen-bond donors (Lipinski definition) is 0. The van der Waals surface area contributed by atoms with E-state index in [-0.39, 0.29) is 30.3 Å². The molecule has 2 heterocycles. The zero-order valence-electron chi connectivity index (χ0n) is 12.3. The van der Waals surface area contributed by atoms with E-state index >= 15 is 0 Å². The largest absolute Gasteiger partial charge is 0.347 e. The molecule has 6 nitrogen and oxygen atoms in total. The molecule has 1 unspecified atom stereocenters. The van der Waals surface area contributed by atoms with Crippen molar-refractivity contribution >= 4 is 17.7 Å². The molecule has 0 aliphatic carbocycles. The average Bonchev–Trinajstić information content (AvgIpc) is 2.89. The molecule has 0 N–H and O–H groups in total. The van der Waals surface area contributed by atoms with E-state index in [9.17, 15) is 14.4 Å². The zero-order chi connectivity index (χ0) is 14.7. The highest BCUT2D eigenvalue weighted by Crippen LogP contribution is 2.20. The van der Waals surface area contributed by atoms with E-state index in [4.69, 9.17) is 0 Å². The summed E-state index contributed by atoms with van der Waals surface area (Å²) >= 11 is 0. The predicted molar refractivity (Wildman–Crippen MR) is 73.9 cm³/mol. The van der Waals surface area contributed by atoms with Gasteiger partial charge in [0.1, 0.15) is 6.04 Å². The molecule has 3 amide bonds. The van der Waals surface area contributed by atoms with Gasteiger partial charge in [0.05, 0.1) is 6.54 Å². The number of nitrogens with zero attached hydrogens (tertiary/aromatic N) is 3. The first-order valence-electron chi connectivity index (χ1n) is 7.29. The average molecular weight is 281 g/mol. The van der Waals surface area contributed by atoms with Gasteiger partial charge in [-0.3, -0.25) is 14.4 Å². The van der Waals surface area contributed by atoms with E-state index in [0.717, 1.165) is 25.7 Å². The van der Waals surface area contributed by atoms with Gasteiger partial charge in [0.25, 0.3) is 0 Å². The summed E-state index contributed by atoms with van der Waals surface area (Å²) < 4.78 is 0. The molecule has 1 atom stereocenters. The molecular weight excluding hydrogens is 258 g/mol. The molecule has 2 saturated heterocycles. The minimum atomic E-state index is -0.350. The van der Waals surface area contributed by atoms with Gasteiger partial charge in [-0.2, -0.15) is 0 Å². The number of amides is 3. The normalized spacial score (nSPS) is 23.1. The lowest BCUT2D eigenvalue weighted by Gasteiger charge is -2.31. The molecule has 2 rings (SSSR count). The van der Waals surface area contributed by atoms with E-state index in [0.29, 0.717) is 19.5 Å². The van der Waals surface area contributed by atoms with Crippen LogP contribution in [0, 0.1) is 0 Å². The van der Waals surface area contributed by atoms with Crippen LogP contribution < -0.4 is 0 Å². The van der Waals surface area contributed by atoms with E-state index < -0.39 is 0 Å². The maximum absolute atomic E-state index is 12.4. The first-order valence-corrected chi connectivity index (χ1v) is 7.29. The molecule has 0 radical (unpaired) electrons. The van der Waals surface area contributed by atoms with Crippen LogP contribution in [0.3, 0.4) is 0 Å². The van der Waals surface area contributed by atoms with Crippen molar-refractivity contribution in [3.63, 3.8) is 0 Å². The topological polar surface area (TPSA) is 60.9 Å². The van der Waals surface area contributed by atoms with Crippen LogP contribution in [0.15, 0.2) is 0 Å². The van der Waals surface area contributed by atoms with Crippen LogP contribution in [0.25, 0.3) is 0 Å². The van der Waals surface area contributed by atoms with Gasteiger partial charge in [-0.1, -0.05) is 0 Å². The van der Waals surface area contributed by atoms with Crippen LogP contribution >= 0.6 is 0 Å². The van der Waals surface area contributed by atoms with Gasteiger partial charge in [-0.05, 0) is 25.7 Å². The molecule has 2 fully saturated rings. The Morgan fingerprint density at radius 2 is 1.95 bits per heavy atom. The Kier molecular flexibility index (Phi) is 4.62. The Morgan fingerprint density at radius 3 is 2.60 bits per heavy atom. The number of piperidine rings is 1. The SMILES string of the molecule is CN(C)C(=O)C1CCCN1C(=O)CN1CCCCC1=O. The van der Waals surface area contributed by atoms with Gasteiger partial charge in [-0.25, -0.2) is 0 Å². The van der Waals surface area contributed by atoms with Gasteiger partial charge in [0, 0.05) is 33.6 Å². The smallest absolute Gasteiger partial charge is 0.244 e. The molecule has 112 valence electrons. The molecule has 6 heteroatoms. The molecule has 0 saturated carbocycles. The van der Waals surface area contributed by atoms with Crippen molar-refractivity contribution < 1.29 is 14.4 Å². The molecule has 2 aliphatic heterocycles. The summed E-state index contributed by atoms with van der Waals surface area (Å²) in [6.45, 7) is 1.39. The predicted octanol–water partition coefficient (Wildman–Crippen LogP) is 0.0781. The number of carbonyl (C=O) groups is 3. The van der Waals surface area contributed by atoms with Gasteiger partial charge >= 0.3 is 0 Å². The summed E-state index contributed by atoms with van der Waals surface area (Å²) in [4.78, 5) is 41.0. The fraction of sp³-hybridized carbons (Fsp3) is 0.786. The highest BCUT2D eigenvalue weighted by molar-refractivity contribution is 5.90.